The molecule has 0 aromatic carbocycles. The number of carbonyl (C=O) groups is 1. The predicted octanol–water partition coefficient (Wildman–Crippen LogP) is 2.99. The Balaban J connectivity index is 1.64. The SMILES string of the molecule is C[C@@H]1CN2C[C@H]3CCC4CCC5[C@H](C(=O)O)CC6(C2C1CC[C@@]36C)[C@]45O. The molecule has 0 aromatic rings. The lowest BCUT2D eigenvalue weighted by Crippen LogP contribution is -2.73. The lowest BCUT2D eigenvalue weighted by atomic mass is 9.41. The molecule has 4 bridgehead atoms. The van der Waals surface area contributed by atoms with Gasteiger partial charge in [-0.2, -0.15) is 0 Å². The minimum atomic E-state index is -0.744. The highest BCUT2D eigenvalue weighted by Crippen LogP contribution is 2.79. The summed E-state index contributed by atoms with van der Waals surface area (Å²) in [5.41, 5.74) is -0.821. The van der Waals surface area contributed by atoms with E-state index in [2.05, 4.69) is 18.7 Å². The van der Waals surface area contributed by atoms with E-state index in [4.69, 9.17) is 0 Å². The second-order valence-electron chi connectivity index (χ2n) is 11.1. The molecule has 4 saturated carbocycles. The molecular formula is C22H33NO3. The van der Waals surface area contributed by atoms with Gasteiger partial charge in [-0.3, -0.25) is 9.69 Å². The van der Waals surface area contributed by atoms with E-state index in [0.717, 1.165) is 32.2 Å². The third kappa shape index (κ3) is 1.44. The van der Waals surface area contributed by atoms with Gasteiger partial charge in [0, 0.05) is 30.5 Å². The zero-order valence-electron chi connectivity index (χ0n) is 16.2. The summed E-state index contributed by atoms with van der Waals surface area (Å²) >= 11 is 0. The summed E-state index contributed by atoms with van der Waals surface area (Å²) in [7, 11) is 0. The van der Waals surface area contributed by atoms with Crippen molar-refractivity contribution in [2.24, 2.45) is 46.3 Å². The van der Waals surface area contributed by atoms with Crippen LogP contribution in [0, 0.1) is 46.3 Å². The highest BCUT2D eigenvalue weighted by atomic mass is 16.4. The second-order valence-corrected chi connectivity index (χ2v) is 11.1. The molecule has 2 heterocycles. The number of hydrogen-bond acceptors (Lipinski definition) is 3. The number of nitrogens with zero attached hydrogens (tertiary/aromatic N) is 1. The maximum atomic E-state index is 12.5. The quantitative estimate of drug-likeness (QED) is 0.756. The van der Waals surface area contributed by atoms with Crippen molar-refractivity contribution < 1.29 is 15.0 Å². The van der Waals surface area contributed by atoms with Crippen LogP contribution in [0.3, 0.4) is 0 Å². The fourth-order valence-electron chi connectivity index (χ4n) is 10.1. The van der Waals surface area contributed by atoms with Crippen molar-refractivity contribution in [2.45, 2.75) is 70.4 Å². The predicted molar refractivity (Wildman–Crippen MR) is 97.4 cm³/mol. The molecule has 10 atom stereocenters. The first-order valence-corrected chi connectivity index (χ1v) is 11.0. The van der Waals surface area contributed by atoms with E-state index in [1.165, 1.54) is 25.8 Å². The van der Waals surface area contributed by atoms with Crippen LogP contribution in [0.1, 0.15) is 58.8 Å². The van der Waals surface area contributed by atoms with Crippen molar-refractivity contribution in [2.75, 3.05) is 13.1 Å². The minimum absolute atomic E-state index is 0.0160. The molecule has 144 valence electrons. The average Bonchev–Trinajstić information content (AvgIpc) is 3.15. The van der Waals surface area contributed by atoms with Gasteiger partial charge in [0.2, 0.25) is 0 Å². The Morgan fingerprint density at radius 3 is 2.58 bits per heavy atom. The van der Waals surface area contributed by atoms with Gasteiger partial charge in [0.15, 0.2) is 0 Å². The van der Waals surface area contributed by atoms with Crippen molar-refractivity contribution in [3.8, 4) is 0 Å². The first-order valence-electron chi connectivity index (χ1n) is 11.0. The number of carboxylic acids is 1. The molecular weight excluding hydrogens is 326 g/mol. The summed E-state index contributed by atoms with van der Waals surface area (Å²) < 4.78 is 0. The molecule has 4 aliphatic carbocycles. The fraction of sp³-hybridized carbons (Fsp3) is 0.955. The number of aliphatic hydroxyl groups is 1. The van der Waals surface area contributed by atoms with Crippen LogP contribution in [-0.4, -0.2) is 45.8 Å². The molecule has 5 unspecified atom stereocenters. The van der Waals surface area contributed by atoms with Gasteiger partial charge in [-0.1, -0.05) is 13.8 Å². The van der Waals surface area contributed by atoms with E-state index in [1.54, 1.807) is 0 Å². The molecule has 6 aliphatic rings. The Morgan fingerprint density at radius 1 is 1.08 bits per heavy atom. The van der Waals surface area contributed by atoms with Gasteiger partial charge in [-0.15, -0.1) is 0 Å². The maximum Gasteiger partial charge on any atom is 0.306 e. The van der Waals surface area contributed by atoms with Crippen LogP contribution >= 0.6 is 0 Å². The van der Waals surface area contributed by atoms with Crippen LogP contribution < -0.4 is 0 Å². The molecule has 26 heavy (non-hydrogen) atoms. The third-order valence-electron chi connectivity index (χ3n) is 10.9. The molecule has 2 saturated heterocycles. The van der Waals surface area contributed by atoms with Crippen LogP contribution in [-0.2, 0) is 4.79 Å². The normalized spacial score (nSPS) is 62.8. The maximum absolute atomic E-state index is 12.5. The standard InChI is InChI=1S/C22H33NO3/c1-12-10-23-11-14-4-3-13-5-6-17-16(19(24)25)9-21(22(13,17)26)18(23)15(12)7-8-20(14,21)2/h12-18,26H,3-11H2,1-2H3,(H,24,25)/t12-,13?,14-,15?,16-,17?,18?,20+,21?,22+/m1/s1. The molecule has 2 aliphatic heterocycles. The Labute approximate surface area is 156 Å². The topological polar surface area (TPSA) is 60.8 Å². The van der Waals surface area contributed by atoms with E-state index in [9.17, 15) is 15.0 Å². The first-order chi connectivity index (χ1) is 12.3. The molecule has 4 nitrogen and oxygen atoms in total. The average molecular weight is 360 g/mol. The van der Waals surface area contributed by atoms with Gasteiger partial charge in [-0.05, 0) is 74.0 Å². The number of aliphatic carboxylic acids is 1. The van der Waals surface area contributed by atoms with E-state index in [-0.39, 0.29) is 22.7 Å². The van der Waals surface area contributed by atoms with E-state index in [1.807, 2.05) is 0 Å². The summed E-state index contributed by atoms with van der Waals surface area (Å²) in [6.07, 6.45) is 7.53. The number of carboxylic acid groups (broad SMARTS) is 1. The molecule has 0 amide bonds. The van der Waals surface area contributed by atoms with Crippen molar-refractivity contribution in [3.63, 3.8) is 0 Å². The Bertz CT molecular complexity index is 680. The van der Waals surface area contributed by atoms with E-state index < -0.39 is 11.6 Å². The van der Waals surface area contributed by atoms with Gasteiger partial charge in [-0.25, -0.2) is 0 Å². The van der Waals surface area contributed by atoms with Crippen molar-refractivity contribution in [1.82, 2.24) is 4.90 Å². The number of rotatable bonds is 1. The van der Waals surface area contributed by atoms with Crippen molar-refractivity contribution in [3.05, 3.63) is 0 Å². The van der Waals surface area contributed by atoms with Crippen LogP contribution in [0.25, 0.3) is 0 Å². The summed E-state index contributed by atoms with van der Waals surface area (Å²) in [5, 5.41) is 22.6. The smallest absolute Gasteiger partial charge is 0.306 e. The van der Waals surface area contributed by atoms with Gasteiger partial charge < -0.3 is 10.2 Å². The zero-order chi connectivity index (χ0) is 18.1. The lowest BCUT2D eigenvalue weighted by Gasteiger charge is -2.68. The van der Waals surface area contributed by atoms with Crippen LogP contribution in [0.4, 0.5) is 0 Å². The molecule has 0 radical (unpaired) electrons. The summed E-state index contributed by atoms with van der Waals surface area (Å²) in [5.74, 6) is 1.30. The summed E-state index contributed by atoms with van der Waals surface area (Å²) in [4.78, 5) is 15.0. The summed E-state index contributed by atoms with van der Waals surface area (Å²) in [6.45, 7) is 7.22. The van der Waals surface area contributed by atoms with Crippen molar-refractivity contribution in [1.29, 1.82) is 0 Å². The van der Waals surface area contributed by atoms with Crippen LogP contribution in [0.5, 0.6) is 0 Å². The highest BCUT2D eigenvalue weighted by molar-refractivity contribution is 5.72. The second kappa shape index (κ2) is 4.68. The van der Waals surface area contributed by atoms with E-state index in [0.29, 0.717) is 29.7 Å². The molecule has 6 fully saturated rings. The van der Waals surface area contributed by atoms with Crippen LogP contribution in [0.15, 0.2) is 0 Å². The summed E-state index contributed by atoms with van der Waals surface area (Å²) in [6, 6.07) is 0.419. The monoisotopic (exact) mass is 359 g/mol. The highest BCUT2D eigenvalue weighted by Gasteiger charge is 2.82. The molecule has 4 heteroatoms. The molecule has 0 aromatic heterocycles. The molecule has 6 rings (SSSR count). The Morgan fingerprint density at radius 2 is 1.81 bits per heavy atom. The minimum Gasteiger partial charge on any atom is -0.481 e. The Hall–Kier alpha value is -0.610. The zero-order valence-corrected chi connectivity index (χ0v) is 16.2. The number of piperidine rings is 1. The molecule has 2 N–H and O–H groups in total. The van der Waals surface area contributed by atoms with Crippen LogP contribution in [0.2, 0.25) is 0 Å². The Kier molecular flexibility index (Phi) is 2.94. The van der Waals surface area contributed by atoms with Gasteiger partial charge >= 0.3 is 5.97 Å². The van der Waals surface area contributed by atoms with E-state index >= 15 is 0 Å². The van der Waals surface area contributed by atoms with Gasteiger partial charge in [0.05, 0.1) is 11.5 Å². The van der Waals surface area contributed by atoms with Gasteiger partial charge in [0.25, 0.3) is 0 Å². The van der Waals surface area contributed by atoms with Gasteiger partial charge in [0.1, 0.15) is 0 Å². The van der Waals surface area contributed by atoms with Crippen molar-refractivity contribution >= 4 is 5.97 Å². The first kappa shape index (κ1) is 16.4. The number of hydrogen-bond donors (Lipinski definition) is 2. The molecule has 1 spiro atoms. The lowest BCUT2D eigenvalue weighted by molar-refractivity contribution is -0.246. The fourth-order valence-corrected chi connectivity index (χ4v) is 10.1. The largest absolute Gasteiger partial charge is 0.481 e. The third-order valence-corrected chi connectivity index (χ3v) is 10.9.